The number of amides is 1. The van der Waals surface area contributed by atoms with Gasteiger partial charge in [-0.05, 0) is 12.5 Å². The minimum Gasteiger partial charge on any atom is -0.358 e. The number of hydrogen-bond donors (Lipinski definition) is 2. The number of carbonyl (C=O) groups excluding carboxylic acids is 1. The first-order valence-corrected chi connectivity index (χ1v) is 9.42. The first-order valence-electron chi connectivity index (χ1n) is 7.49. The van der Waals surface area contributed by atoms with Gasteiger partial charge in [0.05, 0.1) is 16.4 Å². The summed E-state index contributed by atoms with van der Waals surface area (Å²) in [7, 11) is 1.61. The highest BCUT2D eigenvalue weighted by molar-refractivity contribution is 7.99. The Bertz CT molecular complexity index is 918. The van der Waals surface area contributed by atoms with Crippen LogP contribution in [0.5, 0.6) is 0 Å². The molecule has 2 aromatic heterocycles. The van der Waals surface area contributed by atoms with E-state index in [-0.39, 0.29) is 16.7 Å². The summed E-state index contributed by atoms with van der Waals surface area (Å²) in [5, 5.41) is 5.01. The average Bonchev–Trinajstić information content (AvgIpc) is 3.04. The standard InChI is InChI=1S/C17H17N3O2S2/c1-10(15(21)18-2)23-9-13-19-16(22)14-12(8-24-17(14)20-13)11-6-4-3-5-7-11/h3-8,10H,9H2,1-2H3,(H,18,21)(H,19,20,22)/t10-/m1/s1. The number of rotatable bonds is 5. The summed E-state index contributed by atoms with van der Waals surface area (Å²) in [4.78, 5) is 32.2. The van der Waals surface area contributed by atoms with E-state index in [0.717, 1.165) is 16.0 Å². The molecule has 0 radical (unpaired) electrons. The summed E-state index contributed by atoms with van der Waals surface area (Å²) in [6.45, 7) is 1.83. The number of benzene rings is 1. The molecule has 0 spiro atoms. The van der Waals surface area contributed by atoms with Gasteiger partial charge in [0, 0.05) is 18.0 Å². The van der Waals surface area contributed by atoms with Gasteiger partial charge in [-0.25, -0.2) is 4.98 Å². The van der Waals surface area contributed by atoms with Crippen LogP contribution >= 0.6 is 23.1 Å². The smallest absolute Gasteiger partial charge is 0.260 e. The molecule has 0 aliphatic carbocycles. The molecule has 3 rings (SSSR count). The zero-order valence-corrected chi connectivity index (χ0v) is 15.0. The lowest BCUT2D eigenvalue weighted by atomic mass is 10.1. The molecule has 3 aromatic rings. The third kappa shape index (κ3) is 3.37. The maximum absolute atomic E-state index is 12.5. The quantitative estimate of drug-likeness (QED) is 0.734. The van der Waals surface area contributed by atoms with Crippen LogP contribution in [0.2, 0.25) is 0 Å². The first kappa shape index (κ1) is 16.7. The third-order valence-electron chi connectivity index (χ3n) is 3.66. The molecule has 2 N–H and O–H groups in total. The Kier molecular flexibility index (Phi) is 5.01. The van der Waals surface area contributed by atoms with Gasteiger partial charge in [-0.1, -0.05) is 30.3 Å². The van der Waals surface area contributed by atoms with Gasteiger partial charge >= 0.3 is 0 Å². The zero-order chi connectivity index (χ0) is 17.1. The molecule has 1 amide bonds. The Labute approximate surface area is 147 Å². The largest absolute Gasteiger partial charge is 0.358 e. The number of thiophene rings is 1. The lowest BCUT2D eigenvalue weighted by Crippen LogP contribution is -2.27. The van der Waals surface area contributed by atoms with Crippen LogP contribution in [0.3, 0.4) is 0 Å². The second-order valence-corrected chi connectivity index (χ2v) is 7.46. The molecule has 0 unspecified atom stereocenters. The van der Waals surface area contributed by atoms with Crippen LogP contribution in [0.15, 0.2) is 40.5 Å². The SMILES string of the molecule is CNC(=O)[C@@H](C)SCc1nc2scc(-c3ccccc3)c2c(=O)[nH]1. The Morgan fingerprint density at radius 2 is 2.12 bits per heavy atom. The Balaban J connectivity index is 1.90. The maximum Gasteiger partial charge on any atom is 0.260 e. The number of nitrogens with zero attached hydrogens (tertiary/aromatic N) is 1. The number of aromatic amines is 1. The highest BCUT2D eigenvalue weighted by Gasteiger charge is 2.15. The lowest BCUT2D eigenvalue weighted by molar-refractivity contribution is -0.119. The molecule has 0 aliphatic rings. The molecular weight excluding hydrogens is 342 g/mol. The molecule has 2 heterocycles. The Morgan fingerprint density at radius 1 is 1.38 bits per heavy atom. The van der Waals surface area contributed by atoms with E-state index >= 15 is 0 Å². The maximum atomic E-state index is 12.5. The molecule has 0 saturated carbocycles. The van der Waals surface area contributed by atoms with E-state index in [2.05, 4.69) is 15.3 Å². The number of hydrogen-bond acceptors (Lipinski definition) is 5. The molecular formula is C17H17N3O2S2. The van der Waals surface area contributed by atoms with Crippen molar-refractivity contribution in [2.24, 2.45) is 0 Å². The Morgan fingerprint density at radius 3 is 2.83 bits per heavy atom. The van der Waals surface area contributed by atoms with E-state index in [1.807, 2.05) is 42.6 Å². The van der Waals surface area contributed by atoms with Gasteiger partial charge in [-0.3, -0.25) is 9.59 Å². The predicted octanol–water partition coefficient (Wildman–Crippen LogP) is 3.02. The molecule has 0 aliphatic heterocycles. The minimum absolute atomic E-state index is 0.0362. The number of fused-ring (bicyclic) bond motifs is 1. The van der Waals surface area contributed by atoms with Gasteiger partial charge in [-0.2, -0.15) is 0 Å². The zero-order valence-electron chi connectivity index (χ0n) is 13.3. The van der Waals surface area contributed by atoms with E-state index in [0.29, 0.717) is 17.0 Å². The van der Waals surface area contributed by atoms with Crippen molar-refractivity contribution in [1.29, 1.82) is 0 Å². The van der Waals surface area contributed by atoms with Crippen molar-refractivity contribution in [3.05, 3.63) is 51.9 Å². The number of thioether (sulfide) groups is 1. The molecule has 7 heteroatoms. The van der Waals surface area contributed by atoms with Gasteiger partial charge in [0.15, 0.2) is 0 Å². The van der Waals surface area contributed by atoms with Crippen LogP contribution in [0.4, 0.5) is 0 Å². The summed E-state index contributed by atoms with van der Waals surface area (Å²) >= 11 is 2.91. The van der Waals surface area contributed by atoms with Gasteiger partial charge in [0.1, 0.15) is 10.7 Å². The average molecular weight is 359 g/mol. The van der Waals surface area contributed by atoms with Crippen molar-refractivity contribution >= 4 is 39.2 Å². The minimum atomic E-state index is -0.195. The van der Waals surface area contributed by atoms with Crippen molar-refractivity contribution in [2.45, 2.75) is 17.9 Å². The summed E-state index contributed by atoms with van der Waals surface area (Å²) in [6.07, 6.45) is 0. The first-order chi connectivity index (χ1) is 11.6. The van der Waals surface area contributed by atoms with Crippen molar-refractivity contribution in [3.8, 4) is 11.1 Å². The highest BCUT2D eigenvalue weighted by Crippen LogP contribution is 2.30. The fraction of sp³-hybridized carbons (Fsp3) is 0.235. The molecule has 24 heavy (non-hydrogen) atoms. The third-order valence-corrected chi connectivity index (χ3v) is 5.69. The van der Waals surface area contributed by atoms with E-state index in [9.17, 15) is 9.59 Å². The lowest BCUT2D eigenvalue weighted by Gasteiger charge is -2.08. The fourth-order valence-electron chi connectivity index (χ4n) is 2.37. The molecule has 5 nitrogen and oxygen atoms in total. The topological polar surface area (TPSA) is 74.8 Å². The summed E-state index contributed by atoms with van der Waals surface area (Å²) in [5.74, 6) is 1.04. The van der Waals surface area contributed by atoms with E-state index in [4.69, 9.17) is 0 Å². The molecule has 1 atom stereocenters. The molecule has 1 aromatic carbocycles. The number of carbonyl (C=O) groups is 1. The number of nitrogens with one attached hydrogen (secondary N) is 2. The van der Waals surface area contributed by atoms with Crippen molar-refractivity contribution in [3.63, 3.8) is 0 Å². The van der Waals surface area contributed by atoms with Crippen LogP contribution in [0.25, 0.3) is 21.3 Å². The molecule has 0 saturated heterocycles. The highest BCUT2D eigenvalue weighted by atomic mass is 32.2. The number of aromatic nitrogens is 2. The van der Waals surface area contributed by atoms with Crippen LogP contribution in [0.1, 0.15) is 12.7 Å². The monoisotopic (exact) mass is 359 g/mol. The van der Waals surface area contributed by atoms with Crippen molar-refractivity contribution in [1.82, 2.24) is 15.3 Å². The van der Waals surface area contributed by atoms with Gasteiger partial charge in [0.25, 0.3) is 5.56 Å². The van der Waals surface area contributed by atoms with Crippen LogP contribution < -0.4 is 10.9 Å². The van der Waals surface area contributed by atoms with Crippen molar-refractivity contribution in [2.75, 3.05) is 7.05 Å². The van der Waals surface area contributed by atoms with E-state index in [1.165, 1.54) is 23.1 Å². The normalized spacial score (nSPS) is 12.2. The summed E-state index contributed by atoms with van der Waals surface area (Å²) in [6, 6.07) is 9.81. The number of H-pyrrole nitrogens is 1. The summed E-state index contributed by atoms with van der Waals surface area (Å²) in [5.41, 5.74) is 1.77. The van der Waals surface area contributed by atoms with E-state index < -0.39 is 0 Å². The van der Waals surface area contributed by atoms with Crippen LogP contribution in [-0.4, -0.2) is 28.2 Å². The van der Waals surface area contributed by atoms with Crippen molar-refractivity contribution < 1.29 is 4.79 Å². The summed E-state index contributed by atoms with van der Waals surface area (Å²) < 4.78 is 0. The van der Waals surface area contributed by atoms with Gasteiger partial charge in [0.2, 0.25) is 5.91 Å². The second-order valence-electron chi connectivity index (χ2n) is 5.28. The van der Waals surface area contributed by atoms with Crippen LogP contribution in [0, 0.1) is 0 Å². The Hall–Kier alpha value is -2.12. The molecule has 0 bridgehead atoms. The second kappa shape index (κ2) is 7.19. The van der Waals surface area contributed by atoms with Crippen LogP contribution in [-0.2, 0) is 10.5 Å². The molecule has 0 fully saturated rings. The van der Waals surface area contributed by atoms with E-state index in [1.54, 1.807) is 7.05 Å². The molecule has 124 valence electrons. The van der Waals surface area contributed by atoms with Gasteiger partial charge in [-0.15, -0.1) is 23.1 Å². The van der Waals surface area contributed by atoms with Gasteiger partial charge < -0.3 is 10.3 Å². The fourth-order valence-corrected chi connectivity index (χ4v) is 4.16. The predicted molar refractivity (Wildman–Crippen MR) is 101 cm³/mol.